The Kier molecular flexibility index (Phi) is 7.06. The minimum absolute atomic E-state index is 0.767. The van der Waals surface area contributed by atoms with E-state index in [4.69, 9.17) is 16.3 Å². The molecule has 2 aromatic rings. The third kappa shape index (κ3) is 5.07. The highest BCUT2D eigenvalue weighted by molar-refractivity contribution is 7.99. The molecular formula is C25H32ClN3OS. The second-order valence-corrected chi connectivity index (χ2v) is 10.3. The number of benzene rings is 2. The van der Waals surface area contributed by atoms with Crippen LogP contribution < -0.4 is 4.90 Å². The van der Waals surface area contributed by atoms with Gasteiger partial charge in [0.1, 0.15) is 0 Å². The maximum atomic E-state index is 6.35. The van der Waals surface area contributed by atoms with E-state index >= 15 is 0 Å². The first-order valence-electron chi connectivity index (χ1n) is 11.7. The molecule has 0 amide bonds. The summed E-state index contributed by atoms with van der Waals surface area (Å²) in [6.45, 7) is 8.78. The summed E-state index contributed by atoms with van der Waals surface area (Å²) in [5.41, 5.74) is 2.57. The van der Waals surface area contributed by atoms with Crippen LogP contribution in [0.3, 0.4) is 0 Å². The molecule has 0 radical (unpaired) electrons. The van der Waals surface area contributed by atoms with Crippen molar-refractivity contribution in [2.24, 2.45) is 0 Å². The third-order valence-corrected chi connectivity index (χ3v) is 8.18. The fourth-order valence-corrected chi connectivity index (χ4v) is 6.34. The third-order valence-electron chi connectivity index (χ3n) is 6.81. The molecular weight excluding hydrogens is 426 g/mol. The summed E-state index contributed by atoms with van der Waals surface area (Å²) in [5.74, 6) is 0. The SMILES string of the molecule is Clc1ccc2c(c1)N(CCCCN1CCC(N3CCOCC3)CC1)c1ccccc1S2. The average Bonchev–Trinajstić information content (AvgIpc) is 2.82. The van der Waals surface area contributed by atoms with Gasteiger partial charge in [-0.1, -0.05) is 35.5 Å². The zero-order chi connectivity index (χ0) is 21.0. The normalized spacial score (nSPS) is 20.5. The van der Waals surface area contributed by atoms with Crippen LogP contribution in [-0.2, 0) is 4.74 Å². The molecule has 0 saturated carbocycles. The van der Waals surface area contributed by atoms with E-state index in [1.165, 1.54) is 66.5 Å². The van der Waals surface area contributed by atoms with E-state index in [9.17, 15) is 0 Å². The van der Waals surface area contributed by atoms with Gasteiger partial charge >= 0.3 is 0 Å². The lowest BCUT2D eigenvalue weighted by molar-refractivity contribution is 0.000827. The van der Waals surface area contributed by atoms with Crippen LogP contribution in [0.5, 0.6) is 0 Å². The molecule has 0 spiro atoms. The number of nitrogens with zero attached hydrogens (tertiary/aromatic N) is 3. The molecule has 0 unspecified atom stereocenters. The maximum Gasteiger partial charge on any atom is 0.0594 e. The van der Waals surface area contributed by atoms with E-state index in [-0.39, 0.29) is 0 Å². The van der Waals surface area contributed by atoms with E-state index < -0.39 is 0 Å². The van der Waals surface area contributed by atoms with E-state index in [2.05, 4.69) is 51.1 Å². The number of halogens is 1. The highest BCUT2D eigenvalue weighted by Gasteiger charge is 2.26. The fraction of sp³-hybridized carbons (Fsp3) is 0.520. The number of likely N-dealkylation sites (tertiary alicyclic amines) is 1. The van der Waals surface area contributed by atoms with Gasteiger partial charge in [-0.2, -0.15) is 0 Å². The molecule has 3 heterocycles. The highest BCUT2D eigenvalue weighted by atomic mass is 35.5. The molecule has 0 atom stereocenters. The van der Waals surface area contributed by atoms with Gasteiger partial charge in [0.15, 0.2) is 0 Å². The zero-order valence-corrected chi connectivity index (χ0v) is 19.7. The molecule has 2 fully saturated rings. The van der Waals surface area contributed by atoms with Gasteiger partial charge < -0.3 is 14.5 Å². The Labute approximate surface area is 195 Å². The van der Waals surface area contributed by atoms with Crippen LogP contribution in [0.15, 0.2) is 52.3 Å². The predicted molar refractivity (Wildman–Crippen MR) is 130 cm³/mol. The van der Waals surface area contributed by atoms with Crippen molar-refractivity contribution in [3.8, 4) is 0 Å². The minimum Gasteiger partial charge on any atom is -0.379 e. The van der Waals surface area contributed by atoms with E-state index in [1.807, 2.05) is 17.8 Å². The van der Waals surface area contributed by atoms with Gasteiger partial charge in [0.2, 0.25) is 0 Å². The molecule has 3 aliphatic rings. The predicted octanol–water partition coefficient (Wildman–Crippen LogP) is 5.52. The fourth-order valence-electron chi connectivity index (χ4n) is 5.10. The average molecular weight is 458 g/mol. The zero-order valence-electron chi connectivity index (χ0n) is 18.1. The second-order valence-electron chi connectivity index (χ2n) is 8.76. The minimum atomic E-state index is 0.767. The molecule has 2 saturated heterocycles. The van der Waals surface area contributed by atoms with Gasteiger partial charge in [0, 0.05) is 40.5 Å². The van der Waals surface area contributed by atoms with Crippen LogP contribution in [0.4, 0.5) is 11.4 Å². The summed E-state index contributed by atoms with van der Waals surface area (Å²) in [4.78, 5) is 10.4. The first kappa shape index (κ1) is 21.6. The number of hydrogen-bond acceptors (Lipinski definition) is 5. The number of piperidine rings is 1. The van der Waals surface area contributed by atoms with Crippen LogP contribution in [0.25, 0.3) is 0 Å². The number of ether oxygens (including phenoxy) is 1. The van der Waals surface area contributed by atoms with Crippen LogP contribution in [0, 0.1) is 0 Å². The number of para-hydroxylation sites is 1. The number of unbranched alkanes of at least 4 members (excludes halogenated alkanes) is 1. The first-order valence-corrected chi connectivity index (χ1v) is 12.9. The lowest BCUT2D eigenvalue weighted by atomic mass is 10.0. The number of morpholine rings is 1. The molecule has 0 aliphatic carbocycles. The van der Waals surface area contributed by atoms with Crippen LogP contribution >= 0.6 is 23.4 Å². The van der Waals surface area contributed by atoms with Crippen molar-refractivity contribution in [3.05, 3.63) is 47.5 Å². The number of hydrogen-bond donors (Lipinski definition) is 0. The molecule has 6 heteroatoms. The van der Waals surface area contributed by atoms with Gasteiger partial charge in [0.05, 0.1) is 24.6 Å². The van der Waals surface area contributed by atoms with Gasteiger partial charge in [0.25, 0.3) is 0 Å². The molecule has 5 rings (SSSR count). The van der Waals surface area contributed by atoms with Crippen molar-refractivity contribution in [2.45, 2.75) is 41.5 Å². The number of rotatable bonds is 6. The van der Waals surface area contributed by atoms with Gasteiger partial charge in [-0.25, -0.2) is 0 Å². The van der Waals surface area contributed by atoms with Crippen molar-refractivity contribution in [1.82, 2.24) is 9.80 Å². The molecule has 31 heavy (non-hydrogen) atoms. The molecule has 3 aliphatic heterocycles. The van der Waals surface area contributed by atoms with Gasteiger partial charge in [-0.15, -0.1) is 0 Å². The van der Waals surface area contributed by atoms with Crippen LogP contribution in [0.2, 0.25) is 5.02 Å². The van der Waals surface area contributed by atoms with Crippen molar-refractivity contribution in [3.63, 3.8) is 0 Å². The summed E-state index contributed by atoms with van der Waals surface area (Å²) in [6, 6.07) is 15.8. The molecule has 0 bridgehead atoms. The standard InChI is InChI=1S/C25H32ClN3OS/c26-20-7-8-25-23(19-20)29(22-5-1-2-6-24(22)31-25)12-4-3-11-27-13-9-21(10-14-27)28-15-17-30-18-16-28/h1-2,5-8,19,21H,3-4,9-18H2. The number of anilines is 2. The second kappa shape index (κ2) is 10.1. The highest BCUT2D eigenvalue weighted by Crippen LogP contribution is 2.48. The monoisotopic (exact) mass is 457 g/mol. The smallest absolute Gasteiger partial charge is 0.0594 e. The summed E-state index contributed by atoms with van der Waals surface area (Å²) in [7, 11) is 0. The lowest BCUT2D eigenvalue weighted by Gasteiger charge is -2.40. The maximum absolute atomic E-state index is 6.35. The van der Waals surface area contributed by atoms with Gasteiger partial charge in [-0.3, -0.25) is 4.90 Å². The lowest BCUT2D eigenvalue weighted by Crippen LogP contribution is -2.49. The van der Waals surface area contributed by atoms with Crippen molar-refractivity contribution in [2.75, 3.05) is 57.4 Å². The molecule has 0 N–H and O–H groups in total. The van der Waals surface area contributed by atoms with Crippen molar-refractivity contribution >= 4 is 34.7 Å². The topological polar surface area (TPSA) is 19.0 Å². The van der Waals surface area contributed by atoms with Crippen LogP contribution in [-0.4, -0.2) is 68.3 Å². The summed E-state index contributed by atoms with van der Waals surface area (Å²) < 4.78 is 5.51. The summed E-state index contributed by atoms with van der Waals surface area (Å²) in [5, 5.41) is 0.812. The van der Waals surface area contributed by atoms with E-state index in [0.29, 0.717) is 0 Å². The quantitative estimate of drug-likeness (QED) is 0.530. The van der Waals surface area contributed by atoms with Crippen molar-refractivity contribution < 1.29 is 4.74 Å². The molecule has 2 aromatic carbocycles. The van der Waals surface area contributed by atoms with E-state index in [1.54, 1.807) is 0 Å². The summed E-state index contributed by atoms with van der Waals surface area (Å²) in [6.07, 6.45) is 5.05. The summed E-state index contributed by atoms with van der Waals surface area (Å²) >= 11 is 8.20. The molecule has 4 nitrogen and oxygen atoms in total. The Morgan fingerprint density at radius 3 is 2.45 bits per heavy atom. The Morgan fingerprint density at radius 1 is 0.871 bits per heavy atom. The Balaban J connectivity index is 1.13. The van der Waals surface area contributed by atoms with Crippen LogP contribution in [0.1, 0.15) is 25.7 Å². The Bertz CT molecular complexity index is 881. The first-order chi connectivity index (χ1) is 15.3. The number of fused-ring (bicyclic) bond motifs is 2. The van der Waals surface area contributed by atoms with Crippen molar-refractivity contribution in [1.29, 1.82) is 0 Å². The largest absolute Gasteiger partial charge is 0.379 e. The molecule has 166 valence electrons. The molecule has 0 aromatic heterocycles. The Hall–Kier alpha value is -1.24. The Morgan fingerprint density at radius 2 is 1.61 bits per heavy atom. The van der Waals surface area contributed by atoms with Gasteiger partial charge in [-0.05, 0) is 75.6 Å². The van der Waals surface area contributed by atoms with E-state index in [0.717, 1.165) is 43.9 Å².